The molecule has 0 unspecified atom stereocenters. The summed E-state index contributed by atoms with van der Waals surface area (Å²) in [6.07, 6.45) is 0. The summed E-state index contributed by atoms with van der Waals surface area (Å²) in [4.78, 5) is 4.38. The van der Waals surface area contributed by atoms with Gasteiger partial charge in [0.05, 0.1) is 0 Å². The molecule has 0 amide bonds. The van der Waals surface area contributed by atoms with Crippen molar-refractivity contribution in [1.29, 1.82) is 0 Å². The van der Waals surface area contributed by atoms with E-state index in [1.165, 1.54) is 12.1 Å². The van der Waals surface area contributed by atoms with Crippen LogP contribution in [0.15, 0.2) is 47.0 Å². The van der Waals surface area contributed by atoms with Gasteiger partial charge < -0.3 is 4.52 Å². The number of nitrogens with zero attached hydrogens (tertiary/aromatic N) is 2. The second kappa shape index (κ2) is 4.89. The van der Waals surface area contributed by atoms with Gasteiger partial charge in [-0.2, -0.15) is 4.98 Å². The number of benzene rings is 2. The predicted octanol–water partition coefficient (Wildman–Crippen LogP) is 4.16. The van der Waals surface area contributed by atoms with E-state index in [2.05, 4.69) is 10.1 Å². The quantitative estimate of drug-likeness (QED) is 0.700. The maximum atomic E-state index is 12.9. The van der Waals surface area contributed by atoms with Crippen LogP contribution in [0.5, 0.6) is 0 Å². The molecule has 1 heterocycles. The van der Waals surface area contributed by atoms with Gasteiger partial charge in [0.25, 0.3) is 5.89 Å². The zero-order chi connectivity index (χ0) is 14.1. The number of hydrogen-bond donors (Lipinski definition) is 0. The number of rotatable bonds is 2. The molecule has 0 N–H and O–H groups in total. The molecule has 0 saturated heterocycles. The van der Waals surface area contributed by atoms with Gasteiger partial charge in [-0.1, -0.05) is 22.9 Å². The highest BCUT2D eigenvalue weighted by Gasteiger charge is 2.12. The van der Waals surface area contributed by atoms with E-state index in [9.17, 15) is 4.39 Å². The van der Waals surface area contributed by atoms with Gasteiger partial charge in [0.15, 0.2) is 0 Å². The molecule has 20 heavy (non-hydrogen) atoms. The highest BCUT2D eigenvalue weighted by Crippen LogP contribution is 2.25. The minimum Gasteiger partial charge on any atom is -0.334 e. The second-order valence-electron chi connectivity index (χ2n) is 4.75. The van der Waals surface area contributed by atoms with Gasteiger partial charge in [-0.05, 0) is 49.7 Å². The molecule has 0 fully saturated rings. The number of halogens is 1. The van der Waals surface area contributed by atoms with Crippen molar-refractivity contribution in [1.82, 2.24) is 10.1 Å². The molecule has 0 saturated carbocycles. The Hall–Kier alpha value is -2.49. The molecule has 1 aromatic heterocycles. The van der Waals surface area contributed by atoms with E-state index < -0.39 is 0 Å². The third kappa shape index (κ3) is 2.32. The Balaban J connectivity index is 2.01. The maximum absolute atomic E-state index is 12.9. The first-order chi connectivity index (χ1) is 9.63. The van der Waals surface area contributed by atoms with Gasteiger partial charge >= 0.3 is 0 Å². The van der Waals surface area contributed by atoms with E-state index >= 15 is 0 Å². The number of hydrogen-bond acceptors (Lipinski definition) is 3. The monoisotopic (exact) mass is 268 g/mol. The third-order valence-corrected chi connectivity index (χ3v) is 3.15. The molecule has 0 aliphatic carbocycles. The van der Waals surface area contributed by atoms with Crippen molar-refractivity contribution in [2.75, 3.05) is 0 Å². The van der Waals surface area contributed by atoms with E-state index in [-0.39, 0.29) is 5.82 Å². The molecular weight excluding hydrogens is 255 g/mol. The fraction of sp³-hybridized carbons (Fsp3) is 0.125. The highest BCUT2D eigenvalue weighted by atomic mass is 19.1. The Labute approximate surface area is 116 Å². The smallest absolute Gasteiger partial charge is 0.258 e. The average molecular weight is 268 g/mol. The molecule has 0 spiro atoms. The Bertz CT molecular complexity index is 747. The summed E-state index contributed by atoms with van der Waals surface area (Å²) in [6, 6.07) is 12.1. The lowest BCUT2D eigenvalue weighted by atomic mass is 10.1. The fourth-order valence-electron chi connectivity index (χ4n) is 2.02. The molecule has 2 aromatic carbocycles. The van der Waals surface area contributed by atoms with Gasteiger partial charge in [-0.15, -0.1) is 0 Å². The Kier molecular flexibility index (Phi) is 3.06. The van der Waals surface area contributed by atoms with Crippen molar-refractivity contribution >= 4 is 0 Å². The first-order valence-electron chi connectivity index (χ1n) is 6.31. The van der Waals surface area contributed by atoms with Gasteiger partial charge in [0.1, 0.15) is 5.82 Å². The molecular formula is C16H13FN2O. The standard InChI is InChI=1S/C16H13FN2O/c1-10-3-4-11(2)14(9-10)16-18-15(19-20-16)12-5-7-13(17)8-6-12/h3-9H,1-2H3. The van der Waals surface area contributed by atoms with E-state index in [4.69, 9.17) is 4.52 Å². The van der Waals surface area contributed by atoms with Crippen LogP contribution < -0.4 is 0 Å². The minimum absolute atomic E-state index is 0.285. The van der Waals surface area contributed by atoms with Crippen LogP contribution in [0.3, 0.4) is 0 Å². The molecule has 0 radical (unpaired) electrons. The van der Waals surface area contributed by atoms with Gasteiger partial charge in [-0.3, -0.25) is 0 Å². The average Bonchev–Trinajstić information content (AvgIpc) is 2.92. The van der Waals surface area contributed by atoms with Crippen LogP contribution in [-0.2, 0) is 0 Å². The Morgan fingerprint density at radius 1 is 1.00 bits per heavy atom. The van der Waals surface area contributed by atoms with E-state index in [0.717, 1.165) is 22.3 Å². The van der Waals surface area contributed by atoms with Crippen molar-refractivity contribution in [3.05, 3.63) is 59.4 Å². The lowest BCUT2D eigenvalue weighted by molar-refractivity contribution is 0.432. The summed E-state index contributed by atoms with van der Waals surface area (Å²) >= 11 is 0. The summed E-state index contributed by atoms with van der Waals surface area (Å²) < 4.78 is 18.2. The predicted molar refractivity (Wildman–Crippen MR) is 74.6 cm³/mol. The van der Waals surface area contributed by atoms with Crippen LogP contribution in [0, 0.1) is 19.7 Å². The van der Waals surface area contributed by atoms with Crippen LogP contribution in [-0.4, -0.2) is 10.1 Å². The Morgan fingerprint density at radius 2 is 1.75 bits per heavy atom. The summed E-state index contributed by atoms with van der Waals surface area (Å²) in [5, 5.41) is 3.95. The molecule has 3 nitrogen and oxygen atoms in total. The summed E-state index contributed by atoms with van der Waals surface area (Å²) in [7, 11) is 0. The van der Waals surface area contributed by atoms with Gasteiger partial charge in [0, 0.05) is 11.1 Å². The molecule has 3 aromatic rings. The van der Waals surface area contributed by atoms with Crippen LogP contribution in [0.1, 0.15) is 11.1 Å². The van der Waals surface area contributed by atoms with Crippen molar-refractivity contribution in [2.24, 2.45) is 0 Å². The second-order valence-corrected chi connectivity index (χ2v) is 4.75. The SMILES string of the molecule is Cc1ccc(C)c(-c2nc(-c3ccc(F)cc3)no2)c1. The molecule has 0 bridgehead atoms. The van der Waals surface area contributed by atoms with Gasteiger partial charge in [0.2, 0.25) is 5.82 Å². The number of aryl methyl sites for hydroxylation is 2. The van der Waals surface area contributed by atoms with Gasteiger partial charge in [-0.25, -0.2) is 4.39 Å². The largest absolute Gasteiger partial charge is 0.334 e. The van der Waals surface area contributed by atoms with Crippen LogP contribution in [0.2, 0.25) is 0 Å². The highest BCUT2D eigenvalue weighted by molar-refractivity contribution is 5.63. The van der Waals surface area contributed by atoms with Crippen molar-refractivity contribution in [3.63, 3.8) is 0 Å². The molecule has 4 heteroatoms. The zero-order valence-electron chi connectivity index (χ0n) is 11.2. The third-order valence-electron chi connectivity index (χ3n) is 3.15. The fourth-order valence-corrected chi connectivity index (χ4v) is 2.02. The van der Waals surface area contributed by atoms with Crippen molar-refractivity contribution in [3.8, 4) is 22.8 Å². The molecule has 0 aliphatic rings. The lowest BCUT2D eigenvalue weighted by Crippen LogP contribution is -1.85. The molecule has 3 rings (SSSR count). The minimum atomic E-state index is -0.285. The van der Waals surface area contributed by atoms with E-state index in [1.807, 2.05) is 32.0 Å². The zero-order valence-corrected chi connectivity index (χ0v) is 11.2. The first kappa shape index (κ1) is 12.5. The molecule has 100 valence electrons. The summed E-state index contributed by atoms with van der Waals surface area (Å²) in [6.45, 7) is 4.01. The summed E-state index contributed by atoms with van der Waals surface area (Å²) in [5.41, 5.74) is 3.86. The Morgan fingerprint density at radius 3 is 2.50 bits per heavy atom. The normalized spacial score (nSPS) is 10.8. The lowest BCUT2D eigenvalue weighted by Gasteiger charge is -2.01. The maximum Gasteiger partial charge on any atom is 0.258 e. The first-order valence-corrected chi connectivity index (χ1v) is 6.31. The van der Waals surface area contributed by atoms with E-state index in [1.54, 1.807) is 12.1 Å². The summed E-state index contributed by atoms with van der Waals surface area (Å²) in [5.74, 6) is 0.651. The van der Waals surface area contributed by atoms with Crippen molar-refractivity contribution in [2.45, 2.75) is 13.8 Å². The topological polar surface area (TPSA) is 38.9 Å². The number of aromatic nitrogens is 2. The van der Waals surface area contributed by atoms with Crippen molar-refractivity contribution < 1.29 is 8.91 Å². The van der Waals surface area contributed by atoms with Crippen LogP contribution in [0.25, 0.3) is 22.8 Å². The van der Waals surface area contributed by atoms with Crippen LogP contribution in [0.4, 0.5) is 4.39 Å². The molecule has 0 atom stereocenters. The molecule has 0 aliphatic heterocycles. The van der Waals surface area contributed by atoms with E-state index in [0.29, 0.717) is 11.7 Å². The van der Waals surface area contributed by atoms with Crippen LogP contribution >= 0.6 is 0 Å².